The van der Waals surface area contributed by atoms with Crippen molar-refractivity contribution >= 4 is 23.3 Å². The van der Waals surface area contributed by atoms with Gasteiger partial charge in [-0.05, 0) is 35.4 Å². The number of nitrogens with one attached hydrogen (secondary N) is 1. The molecule has 3 aromatic rings. The molecule has 0 aromatic heterocycles. The lowest BCUT2D eigenvalue weighted by atomic mass is 9.86. The molecule has 1 amide bonds. The van der Waals surface area contributed by atoms with Gasteiger partial charge in [0, 0.05) is 16.7 Å². The maximum absolute atomic E-state index is 13.0. The van der Waals surface area contributed by atoms with Gasteiger partial charge in [0.1, 0.15) is 0 Å². The largest absolute Gasteiger partial charge is 0.455 e. The number of carbonyl (C=O) groups is 3. The van der Waals surface area contributed by atoms with Gasteiger partial charge in [-0.2, -0.15) is 0 Å². The van der Waals surface area contributed by atoms with Crippen molar-refractivity contribution < 1.29 is 24.2 Å². The van der Waals surface area contributed by atoms with Gasteiger partial charge >= 0.3 is 5.97 Å². The molecule has 0 aliphatic carbocycles. The fourth-order valence-corrected chi connectivity index (χ4v) is 3.14. The zero-order chi connectivity index (χ0) is 24.1. The van der Waals surface area contributed by atoms with Crippen LogP contribution in [0.2, 0.25) is 0 Å². The van der Waals surface area contributed by atoms with Crippen molar-refractivity contribution in [2.75, 3.05) is 11.9 Å². The molecule has 0 aliphatic rings. The average Bonchev–Trinajstić information content (AvgIpc) is 2.82. The Morgan fingerprint density at radius 2 is 1.27 bits per heavy atom. The van der Waals surface area contributed by atoms with Crippen LogP contribution in [-0.2, 0) is 19.9 Å². The second kappa shape index (κ2) is 9.79. The maximum Gasteiger partial charge on any atom is 0.348 e. The summed E-state index contributed by atoms with van der Waals surface area (Å²) in [6.07, 6.45) is 0. The second-order valence-corrected chi connectivity index (χ2v) is 8.72. The quantitative estimate of drug-likeness (QED) is 0.417. The minimum atomic E-state index is -2.05. The molecule has 0 fully saturated rings. The summed E-state index contributed by atoms with van der Waals surface area (Å²) in [6, 6.07) is 23.2. The van der Waals surface area contributed by atoms with Crippen molar-refractivity contribution in [3.63, 3.8) is 0 Å². The van der Waals surface area contributed by atoms with Crippen molar-refractivity contribution in [3.8, 4) is 0 Å². The summed E-state index contributed by atoms with van der Waals surface area (Å²) in [4.78, 5) is 37.7. The van der Waals surface area contributed by atoms with Gasteiger partial charge in [0.2, 0.25) is 11.5 Å². The lowest BCUT2D eigenvalue weighted by molar-refractivity contribution is -0.160. The van der Waals surface area contributed by atoms with Crippen molar-refractivity contribution in [2.45, 2.75) is 26.4 Å². The predicted octanol–water partition coefficient (Wildman–Crippen LogP) is 4.33. The molecule has 0 spiro atoms. The molecule has 0 bridgehead atoms. The van der Waals surface area contributed by atoms with Gasteiger partial charge in [-0.1, -0.05) is 81.4 Å². The molecule has 33 heavy (non-hydrogen) atoms. The normalized spacial score (nSPS) is 11.5. The predicted molar refractivity (Wildman–Crippen MR) is 126 cm³/mol. The molecular weight excluding hydrogens is 418 g/mol. The summed E-state index contributed by atoms with van der Waals surface area (Å²) in [7, 11) is 0. The van der Waals surface area contributed by atoms with E-state index in [9.17, 15) is 19.5 Å². The molecule has 170 valence electrons. The summed E-state index contributed by atoms with van der Waals surface area (Å²) >= 11 is 0. The van der Waals surface area contributed by atoms with E-state index in [1.807, 2.05) is 0 Å². The molecule has 3 aromatic carbocycles. The van der Waals surface area contributed by atoms with Crippen LogP contribution in [0, 0.1) is 5.41 Å². The van der Waals surface area contributed by atoms with Crippen LogP contribution in [0.3, 0.4) is 0 Å². The van der Waals surface area contributed by atoms with E-state index in [0.29, 0.717) is 22.4 Å². The van der Waals surface area contributed by atoms with Crippen molar-refractivity contribution in [1.82, 2.24) is 0 Å². The first kappa shape index (κ1) is 23.9. The molecule has 2 N–H and O–H groups in total. The van der Waals surface area contributed by atoms with Gasteiger partial charge in [-0.15, -0.1) is 0 Å². The summed E-state index contributed by atoms with van der Waals surface area (Å²) < 4.78 is 5.26. The topological polar surface area (TPSA) is 92.7 Å². The molecule has 0 unspecified atom stereocenters. The number of ketones is 1. The number of amides is 1. The van der Waals surface area contributed by atoms with E-state index in [-0.39, 0.29) is 5.91 Å². The highest BCUT2D eigenvalue weighted by atomic mass is 16.6. The van der Waals surface area contributed by atoms with Crippen LogP contribution in [0.25, 0.3) is 0 Å². The van der Waals surface area contributed by atoms with E-state index in [0.717, 1.165) is 0 Å². The van der Waals surface area contributed by atoms with E-state index in [1.165, 1.54) is 0 Å². The maximum atomic E-state index is 13.0. The Morgan fingerprint density at radius 1 is 0.788 bits per heavy atom. The van der Waals surface area contributed by atoms with E-state index >= 15 is 0 Å². The van der Waals surface area contributed by atoms with Crippen molar-refractivity contribution in [2.24, 2.45) is 5.41 Å². The zero-order valence-electron chi connectivity index (χ0n) is 18.9. The number of benzene rings is 3. The number of Topliss-reactive ketones (excluding diaryl/α,β-unsaturated/α-hetero) is 1. The van der Waals surface area contributed by atoms with Gasteiger partial charge in [-0.25, -0.2) is 4.79 Å². The molecule has 6 nitrogen and oxygen atoms in total. The highest BCUT2D eigenvalue weighted by Gasteiger charge is 2.41. The summed E-state index contributed by atoms with van der Waals surface area (Å²) in [5.74, 6) is -1.51. The molecule has 0 atom stereocenters. The Balaban J connectivity index is 1.72. The molecule has 0 heterocycles. The number of rotatable bonds is 7. The Hall–Kier alpha value is -3.77. The second-order valence-electron chi connectivity index (χ2n) is 8.72. The number of hydrogen-bond acceptors (Lipinski definition) is 5. The van der Waals surface area contributed by atoms with Gasteiger partial charge in [0.15, 0.2) is 12.4 Å². The number of hydrogen-bond donors (Lipinski definition) is 2. The number of aliphatic hydroxyl groups is 1. The van der Waals surface area contributed by atoms with Crippen LogP contribution in [0.4, 0.5) is 5.69 Å². The first-order chi connectivity index (χ1) is 15.6. The molecule has 0 radical (unpaired) electrons. The highest BCUT2D eigenvalue weighted by molar-refractivity contribution is 6.00. The first-order valence-electron chi connectivity index (χ1n) is 10.6. The lowest BCUT2D eigenvalue weighted by Crippen LogP contribution is -2.39. The van der Waals surface area contributed by atoms with Gasteiger partial charge in [-0.3, -0.25) is 9.59 Å². The van der Waals surface area contributed by atoms with Crippen LogP contribution in [0.5, 0.6) is 0 Å². The van der Waals surface area contributed by atoms with E-state index in [1.54, 1.807) is 106 Å². The van der Waals surface area contributed by atoms with Crippen LogP contribution < -0.4 is 5.32 Å². The Bertz CT molecular complexity index is 1080. The van der Waals surface area contributed by atoms with Crippen LogP contribution in [-0.4, -0.2) is 29.4 Å². The minimum absolute atomic E-state index is 0.142. The number of anilines is 1. The number of esters is 1. The van der Waals surface area contributed by atoms with Gasteiger partial charge in [0.05, 0.1) is 0 Å². The third kappa shape index (κ3) is 5.54. The highest BCUT2D eigenvalue weighted by Crippen LogP contribution is 2.31. The molecule has 0 saturated heterocycles. The molecule has 3 rings (SSSR count). The summed E-state index contributed by atoms with van der Waals surface area (Å²) in [6.45, 7) is 4.89. The fraction of sp³-hybridized carbons (Fsp3) is 0.222. The SMILES string of the molecule is CC(C)(C)C(=O)Nc1ccc(C(=O)COC(=O)C(O)(c2ccccc2)c2ccccc2)cc1. The summed E-state index contributed by atoms with van der Waals surface area (Å²) in [5.41, 5.74) is -1.04. The minimum Gasteiger partial charge on any atom is -0.455 e. The molecular formula is C27H27NO5. The van der Waals surface area contributed by atoms with Crippen LogP contribution in [0.15, 0.2) is 84.9 Å². The standard InChI is InChI=1S/C27H27NO5/c1-26(2,3)24(30)28-22-16-14-19(15-17-22)23(29)18-33-25(31)27(32,20-10-6-4-7-11-20)21-12-8-5-9-13-21/h4-17,32H,18H2,1-3H3,(H,28,30). The smallest absolute Gasteiger partial charge is 0.348 e. The van der Waals surface area contributed by atoms with Gasteiger partial charge in [0.25, 0.3) is 0 Å². The third-order valence-electron chi connectivity index (χ3n) is 5.16. The van der Waals surface area contributed by atoms with E-state index in [4.69, 9.17) is 4.74 Å². The van der Waals surface area contributed by atoms with Gasteiger partial charge < -0.3 is 15.2 Å². The molecule has 6 heteroatoms. The Kier molecular flexibility index (Phi) is 7.09. The summed E-state index contributed by atoms with van der Waals surface area (Å²) in [5, 5.41) is 14.2. The lowest BCUT2D eigenvalue weighted by Gasteiger charge is -2.27. The number of carbonyl (C=O) groups excluding carboxylic acids is 3. The van der Waals surface area contributed by atoms with Crippen LogP contribution in [0.1, 0.15) is 42.3 Å². The first-order valence-corrected chi connectivity index (χ1v) is 10.6. The van der Waals surface area contributed by atoms with E-state index < -0.39 is 29.4 Å². The monoisotopic (exact) mass is 445 g/mol. The fourth-order valence-electron chi connectivity index (χ4n) is 3.14. The Morgan fingerprint density at radius 3 is 1.73 bits per heavy atom. The third-order valence-corrected chi connectivity index (χ3v) is 5.16. The molecule has 0 saturated carbocycles. The van der Waals surface area contributed by atoms with Crippen LogP contribution >= 0.6 is 0 Å². The molecule has 0 aliphatic heterocycles. The van der Waals surface area contributed by atoms with Crippen molar-refractivity contribution in [1.29, 1.82) is 0 Å². The number of ether oxygens (including phenoxy) is 1. The Labute approximate surface area is 193 Å². The van der Waals surface area contributed by atoms with E-state index in [2.05, 4.69) is 5.32 Å². The average molecular weight is 446 g/mol. The van der Waals surface area contributed by atoms with Crippen molar-refractivity contribution in [3.05, 3.63) is 102 Å². The zero-order valence-corrected chi connectivity index (χ0v) is 18.9.